The van der Waals surface area contributed by atoms with Crippen LogP contribution in [0.5, 0.6) is 0 Å². The molecule has 0 spiro atoms. The number of rotatable bonds is 1. The molecule has 2 heterocycles. The van der Waals surface area contributed by atoms with Crippen molar-refractivity contribution in [1.82, 2.24) is 19.7 Å². The quantitative estimate of drug-likeness (QED) is 0.711. The third-order valence-electron chi connectivity index (χ3n) is 2.02. The molecule has 5 nitrogen and oxygen atoms in total. The number of H-pyrrole nitrogens is 1. The Bertz CT molecular complexity index is 497. The van der Waals surface area contributed by atoms with Crippen molar-refractivity contribution in [3.8, 4) is 11.4 Å². The minimum Gasteiger partial charge on any atom is -0.299 e. The van der Waals surface area contributed by atoms with E-state index in [1.807, 2.05) is 6.92 Å². The molecule has 0 aliphatic carbocycles. The molecule has 0 atom stereocenters. The molecule has 2 rings (SSSR count). The minimum atomic E-state index is -0.103. The Morgan fingerprint density at radius 2 is 2.00 bits per heavy atom. The highest BCUT2D eigenvalue weighted by molar-refractivity contribution is 5.56. The van der Waals surface area contributed by atoms with Gasteiger partial charge in [-0.15, -0.1) is 0 Å². The highest BCUT2D eigenvalue weighted by Crippen LogP contribution is 2.11. The molecule has 1 N–H and O–H groups in total. The summed E-state index contributed by atoms with van der Waals surface area (Å²) in [6, 6.07) is 1.72. The lowest BCUT2D eigenvalue weighted by Crippen LogP contribution is -2.13. The summed E-state index contributed by atoms with van der Waals surface area (Å²) in [5, 5.41) is 2.90. The maximum absolute atomic E-state index is 11.6. The number of aromatic nitrogens is 4. The minimum absolute atomic E-state index is 0.103. The van der Waals surface area contributed by atoms with E-state index in [2.05, 4.69) is 15.1 Å². The molecule has 0 unspecified atom stereocenters. The van der Waals surface area contributed by atoms with Gasteiger partial charge in [0.2, 0.25) is 0 Å². The summed E-state index contributed by atoms with van der Waals surface area (Å²) < 4.78 is 1.42. The number of nitrogens with zero attached hydrogens (tertiary/aromatic N) is 3. The maximum Gasteiger partial charge on any atom is 0.277 e. The van der Waals surface area contributed by atoms with Crippen LogP contribution in [0.25, 0.3) is 11.4 Å². The molecule has 0 aliphatic heterocycles. The molecule has 14 heavy (non-hydrogen) atoms. The lowest BCUT2D eigenvalue weighted by atomic mass is 10.2. The van der Waals surface area contributed by atoms with Gasteiger partial charge in [0.05, 0.1) is 0 Å². The number of aromatic amines is 1. The van der Waals surface area contributed by atoms with Crippen molar-refractivity contribution >= 4 is 0 Å². The fourth-order valence-electron chi connectivity index (χ4n) is 1.38. The van der Waals surface area contributed by atoms with Crippen molar-refractivity contribution in [2.45, 2.75) is 6.92 Å². The van der Waals surface area contributed by atoms with Crippen molar-refractivity contribution in [2.75, 3.05) is 0 Å². The SMILES string of the molecule is Cc1[nH]n(C)c(=O)c1-c1ncccn1. The van der Waals surface area contributed by atoms with Crippen LogP contribution in [0, 0.1) is 6.92 Å². The standard InChI is InChI=1S/C9H10N4O/c1-6-7(9(14)13(2)12-6)8-10-4-3-5-11-8/h3-5,12H,1-2H3. The first-order valence-corrected chi connectivity index (χ1v) is 4.23. The zero-order chi connectivity index (χ0) is 10.1. The molecule has 2 aromatic heterocycles. The van der Waals surface area contributed by atoms with Crippen molar-refractivity contribution in [3.05, 3.63) is 34.5 Å². The first kappa shape index (κ1) is 8.68. The molecule has 0 saturated heterocycles. The second-order valence-corrected chi connectivity index (χ2v) is 3.05. The Labute approximate surface area is 80.4 Å². The molecule has 0 fully saturated rings. The Morgan fingerprint density at radius 3 is 2.50 bits per heavy atom. The van der Waals surface area contributed by atoms with E-state index in [4.69, 9.17) is 0 Å². The van der Waals surface area contributed by atoms with Gasteiger partial charge < -0.3 is 0 Å². The van der Waals surface area contributed by atoms with E-state index in [0.29, 0.717) is 11.4 Å². The Kier molecular flexibility index (Phi) is 1.92. The van der Waals surface area contributed by atoms with E-state index >= 15 is 0 Å². The fourth-order valence-corrected chi connectivity index (χ4v) is 1.38. The summed E-state index contributed by atoms with van der Waals surface area (Å²) in [5.74, 6) is 0.465. The molecule has 0 amide bonds. The van der Waals surface area contributed by atoms with Crippen molar-refractivity contribution in [3.63, 3.8) is 0 Å². The first-order chi connectivity index (χ1) is 6.70. The van der Waals surface area contributed by atoms with Gasteiger partial charge in [-0.3, -0.25) is 14.6 Å². The molecule has 72 valence electrons. The predicted molar refractivity (Wildman–Crippen MR) is 51.8 cm³/mol. The Balaban J connectivity index is 2.69. The van der Waals surface area contributed by atoms with E-state index in [-0.39, 0.29) is 5.56 Å². The van der Waals surface area contributed by atoms with Crippen LogP contribution >= 0.6 is 0 Å². The molecule has 0 saturated carbocycles. The van der Waals surface area contributed by atoms with Gasteiger partial charge in [-0.05, 0) is 13.0 Å². The average molecular weight is 190 g/mol. The molecule has 0 aromatic carbocycles. The van der Waals surface area contributed by atoms with Gasteiger partial charge in [0, 0.05) is 25.1 Å². The van der Waals surface area contributed by atoms with Gasteiger partial charge in [-0.25, -0.2) is 9.97 Å². The van der Waals surface area contributed by atoms with Gasteiger partial charge in [0.25, 0.3) is 5.56 Å². The third kappa shape index (κ3) is 1.22. The Hall–Kier alpha value is -1.91. The fraction of sp³-hybridized carbons (Fsp3) is 0.222. The summed E-state index contributed by atoms with van der Waals surface area (Å²) in [7, 11) is 1.67. The molecular formula is C9H10N4O. The highest BCUT2D eigenvalue weighted by atomic mass is 16.1. The second-order valence-electron chi connectivity index (χ2n) is 3.05. The zero-order valence-corrected chi connectivity index (χ0v) is 7.98. The van der Waals surface area contributed by atoms with Crippen LogP contribution in [0.4, 0.5) is 0 Å². The maximum atomic E-state index is 11.6. The van der Waals surface area contributed by atoms with E-state index in [0.717, 1.165) is 5.69 Å². The van der Waals surface area contributed by atoms with Gasteiger partial charge in [-0.2, -0.15) is 0 Å². The van der Waals surface area contributed by atoms with Crippen molar-refractivity contribution in [2.24, 2.45) is 7.05 Å². The van der Waals surface area contributed by atoms with Crippen LogP contribution in [0.1, 0.15) is 5.69 Å². The molecule has 0 aliphatic rings. The van der Waals surface area contributed by atoms with Crippen LogP contribution in [-0.2, 0) is 7.05 Å². The number of aryl methyl sites for hydroxylation is 2. The summed E-state index contributed by atoms with van der Waals surface area (Å²) >= 11 is 0. The van der Waals surface area contributed by atoms with Gasteiger partial charge in [-0.1, -0.05) is 0 Å². The molecule has 0 bridgehead atoms. The summed E-state index contributed by atoms with van der Waals surface area (Å²) in [6.07, 6.45) is 3.24. The number of hydrogen-bond donors (Lipinski definition) is 1. The second kappa shape index (κ2) is 3.10. The molecule has 5 heteroatoms. The molecule has 0 radical (unpaired) electrons. The van der Waals surface area contributed by atoms with Crippen LogP contribution in [-0.4, -0.2) is 19.7 Å². The lowest BCUT2D eigenvalue weighted by Gasteiger charge is -1.93. The van der Waals surface area contributed by atoms with Crippen molar-refractivity contribution < 1.29 is 0 Å². The van der Waals surface area contributed by atoms with Crippen molar-refractivity contribution in [1.29, 1.82) is 0 Å². The van der Waals surface area contributed by atoms with Crippen LogP contribution in [0.3, 0.4) is 0 Å². The third-order valence-corrected chi connectivity index (χ3v) is 2.02. The van der Waals surface area contributed by atoms with Crippen LogP contribution < -0.4 is 5.56 Å². The summed E-state index contributed by atoms with van der Waals surface area (Å²) in [5.41, 5.74) is 1.21. The number of nitrogens with one attached hydrogen (secondary N) is 1. The van der Waals surface area contributed by atoms with Crippen LogP contribution in [0.15, 0.2) is 23.3 Å². The van der Waals surface area contributed by atoms with E-state index in [1.165, 1.54) is 4.68 Å². The van der Waals surface area contributed by atoms with Crippen LogP contribution in [0.2, 0.25) is 0 Å². The lowest BCUT2D eigenvalue weighted by molar-refractivity contribution is 0.731. The smallest absolute Gasteiger partial charge is 0.277 e. The molecule has 2 aromatic rings. The normalized spacial score (nSPS) is 10.4. The first-order valence-electron chi connectivity index (χ1n) is 4.23. The summed E-state index contributed by atoms with van der Waals surface area (Å²) in [4.78, 5) is 19.7. The average Bonchev–Trinajstić information content (AvgIpc) is 2.43. The summed E-state index contributed by atoms with van der Waals surface area (Å²) in [6.45, 7) is 1.83. The van der Waals surface area contributed by atoms with E-state index < -0.39 is 0 Å². The van der Waals surface area contributed by atoms with E-state index in [1.54, 1.807) is 25.5 Å². The van der Waals surface area contributed by atoms with Gasteiger partial charge >= 0.3 is 0 Å². The highest BCUT2D eigenvalue weighted by Gasteiger charge is 2.12. The topological polar surface area (TPSA) is 63.6 Å². The number of hydrogen-bond acceptors (Lipinski definition) is 3. The monoisotopic (exact) mass is 190 g/mol. The zero-order valence-electron chi connectivity index (χ0n) is 7.98. The predicted octanol–water partition coefficient (Wildman–Crippen LogP) is 0.479. The van der Waals surface area contributed by atoms with Gasteiger partial charge in [0.1, 0.15) is 5.56 Å². The van der Waals surface area contributed by atoms with E-state index in [9.17, 15) is 4.79 Å². The Morgan fingerprint density at radius 1 is 1.36 bits per heavy atom. The largest absolute Gasteiger partial charge is 0.299 e. The molecular weight excluding hydrogens is 180 g/mol. The van der Waals surface area contributed by atoms with Gasteiger partial charge in [0.15, 0.2) is 5.82 Å².